The van der Waals surface area contributed by atoms with Crippen molar-refractivity contribution in [2.75, 3.05) is 20.1 Å². The zero-order valence-electron chi connectivity index (χ0n) is 10.7. The van der Waals surface area contributed by atoms with Crippen LogP contribution in [0.15, 0.2) is 0 Å². The van der Waals surface area contributed by atoms with E-state index in [0.717, 1.165) is 18.9 Å². The molecule has 0 heterocycles. The topological polar surface area (TPSA) is 46.3 Å². The van der Waals surface area contributed by atoms with Crippen LogP contribution in [0.3, 0.4) is 0 Å². The zero-order chi connectivity index (χ0) is 12.0. The lowest BCUT2D eigenvalue weighted by Gasteiger charge is -2.25. The largest absolute Gasteiger partial charge is 0.345 e. The van der Waals surface area contributed by atoms with Gasteiger partial charge in [-0.15, -0.1) is 0 Å². The number of nitrogens with two attached hydrogens (primary N) is 1. The van der Waals surface area contributed by atoms with E-state index in [1.54, 1.807) is 0 Å². The van der Waals surface area contributed by atoms with Crippen molar-refractivity contribution >= 4 is 5.91 Å². The van der Waals surface area contributed by atoms with Crippen LogP contribution in [0.5, 0.6) is 0 Å². The fourth-order valence-corrected chi connectivity index (χ4v) is 2.16. The summed E-state index contributed by atoms with van der Waals surface area (Å²) in [5, 5.41) is 0. The minimum Gasteiger partial charge on any atom is -0.345 e. The van der Waals surface area contributed by atoms with Gasteiger partial charge in [0.1, 0.15) is 0 Å². The molecule has 3 nitrogen and oxygen atoms in total. The van der Waals surface area contributed by atoms with E-state index < -0.39 is 0 Å². The second kappa shape index (κ2) is 6.89. The molecular weight excluding hydrogens is 200 g/mol. The smallest absolute Gasteiger partial charge is 0.222 e. The first-order chi connectivity index (χ1) is 7.63. The summed E-state index contributed by atoms with van der Waals surface area (Å²) in [7, 11) is 1.89. The van der Waals surface area contributed by atoms with Crippen LogP contribution in [0.2, 0.25) is 0 Å². The molecule has 2 N–H and O–H groups in total. The molecule has 16 heavy (non-hydrogen) atoms. The van der Waals surface area contributed by atoms with Gasteiger partial charge in [-0.25, -0.2) is 0 Å². The Morgan fingerprint density at radius 3 is 2.69 bits per heavy atom. The van der Waals surface area contributed by atoms with Crippen molar-refractivity contribution < 1.29 is 4.79 Å². The Balaban J connectivity index is 2.07. The van der Waals surface area contributed by atoms with Crippen molar-refractivity contribution in [1.82, 2.24) is 4.90 Å². The van der Waals surface area contributed by atoms with Gasteiger partial charge in [0.25, 0.3) is 0 Å². The summed E-state index contributed by atoms with van der Waals surface area (Å²) in [5.41, 5.74) is 5.55. The molecule has 1 amide bonds. The summed E-state index contributed by atoms with van der Waals surface area (Å²) in [6, 6.07) is 0. The van der Waals surface area contributed by atoms with Gasteiger partial charge < -0.3 is 10.6 Å². The van der Waals surface area contributed by atoms with Gasteiger partial charge in [0, 0.05) is 20.0 Å². The summed E-state index contributed by atoms with van der Waals surface area (Å²) in [4.78, 5) is 13.6. The lowest BCUT2D eigenvalue weighted by molar-refractivity contribution is -0.130. The third kappa shape index (κ3) is 4.52. The van der Waals surface area contributed by atoms with Crippen LogP contribution in [0.25, 0.3) is 0 Å². The second-order valence-electron chi connectivity index (χ2n) is 5.30. The Morgan fingerprint density at radius 2 is 2.19 bits per heavy atom. The van der Waals surface area contributed by atoms with E-state index in [-0.39, 0.29) is 5.91 Å². The van der Waals surface area contributed by atoms with E-state index >= 15 is 0 Å². The number of carbonyl (C=O) groups is 1. The molecule has 0 aromatic heterocycles. The summed E-state index contributed by atoms with van der Waals surface area (Å²) in [6.07, 6.45) is 7.18. The first-order valence-electron chi connectivity index (χ1n) is 6.57. The number of rotatable bonds is 7. The molecule has 1 unspecified atom stereocenters. The highest BCUT2D eigenvalue weighted by Crippen LogP contribution is 2.30. The Kier molecular flexibility index (Phi) is 5.81. The van der Waals surface area contributed by atoms with Crippen LogP contribution in [-0.2, 0) is 4.79 Å². The SMILES string of the molecule is CC(CN)CN(C)C(=O)CCCC1CCC1. The van der Waals surface area contributed by atoms with E-state index in [9.17, 15) is 4.79 Å². The van der Waals surface area contributed by atoms with Gasteiger partial charge in [0.05, 0.1) is 0 Å². The predicted octanol–water partition coefficient (Wildman–Crippen LogP) is 2.01. The molecule has 1 aliphatic rings. The molecule has 1 saturated carbocycles. The molecule has 0 aromatic rings. The van der Waals surface area contributed by atoms with Crippen molar-refractivity contribution in [3.8, 4) is 0 Å². The molecule has 0 aliphatic heterocycles. The highest BCUT2D eigenvalue weighted by atomic mass is 16.2. The monoisotopic (exact) mass is 226 g/mol. The van der Waals surface area contributed by atoms with Crippen molar-refractivity contribution in [2.24, 2.45) is 17.6 Å². The lowest BCUT2D eigenvalue weighted by Crippen LogP contribution is -2.33. The quantitative estimate of drug-likeness (QED) is 0.722. The minimum absolute atomic E-state index is 0.277. The number of hydrogen-bond acceptors (Lipinski definition) is 2. The van der Waals surface area contributed by atoms with Crippen LogP contribution in [0.4, 0.5) is 0 Å². The number of hydrogen-bond donors (Lipinski definition) is 1. The fourth-order valence-electron chi connectivity index (χ4n) is 2.16. The minimum atomic E-state index is 0.277. The van der Waals surface area contributed by atoms with Crippen molar-refractivity contribution in [1.29, 1.82) is 0 Å². The van der Waals surface area contributed by atoms with Crippen molar-refractivity contribution in [2.45, 2.75) is 45.4 Å². The molecular formula is C13H26N2O. The molecule has 0 bridgehead atoms. The number of nitrogens with zero attached hydrogens (tertiary/aromatic N) is 1. The van der Waals surface area contributed by atoms with Gasteiger partial charge in [-0.1, -0.05) is 26.2 Å². The van der Waals surface area contributed by atoms with Gasteiger partial charge in [-0.2, -0.15) is 0 Å². The molecule has 0 spiro atoms. The molecule has 0 radical (unpaired) electrons. The summed E-state index contributed by atoms with van der Waals surface area (Å²) in [5.74, 6) is 1.60. The van der Waals surface area contributed by atoms with E-state index in [1.165, 1.54) is 25.7 Å². The van der Waals surface area contributed by atoms with Crippen LogP contribution < -0.4 is 5.73 Å². The maximum absolute atomic E-state index is 11.8. The van der Waals surface area contributed by atoms with Gasteiger partial charge >= 0.3 is 0 Å². The summed E-state index contributed by atoms with van der Waals surface area (Å²) < 4.78 is 0. The first kappa shape index (κ1) is 13.5. The molecule has 0 aromatic carbocycles. The molecule has 1 rings (SSSR count). The molecule has 1 fully saturated rings. The normalized spacial score (nSPS) is 17.9. The third-order valence-electron chi connectivity index (χ3n) is 3.64. The molecule has 94 valence electrons. The van der Waals surface area contributed by atoms with Crippen LogP contribution in [-0.4, -0.2) is 30.9 Å². The average molecular weight is 226 g/mol. The van der Waals surface area contributed by atoms with Crippen LogP contribution in [0.1, 0.15) is 45.4 Å². The second-order valence-corrected chi connectivity index (χ2v) is 5.30. The predicted molar refractivity (Wildman–Crippen MR) is 67.0 cm³/mol. The molecule has 0 saturated heterocycles. The van der Waals surface area contributed by atoms with E-state index in [4.69, 9.17) is 5.73 Å². The van der Waals surface area contributed by atoms with E-state index in [1.807, 2.05) is 11.9 Å². The van der Waals surface area contributed by atoms with Crippen molar-refractivity contribution in [3.05, 3.63) is 0 Å². The Bertz CT molecular complexity index is 214. The highest BCUT2D eigenvalue weighted by Gasteiger charge is 2.18. The maximum Gasteiger partial charge on any atom is 0.222 e. The maximum atomic E-state index is 11.8. The summed E-state index contributed by atoms with van der Waals surface area (Å²) >= 11 is 0. The Morgan fingerprint density at radius 1 is 1.50 bits per heavy atom. The molecule has 1 aliphatic carbocycles. The highest BCUT2D eigenvalue weighted by molar-refractivity contribution is 5.75. The Labute approximate surface area is 99.4 Å². The van der Waals surface area contributed by atoms with Crippen LogP contribution in [0, 0.1) is 11.8 Å². The first-order valence-corrected chi connectivity index (χ1v) is 6.57. The molecule has 3 heteroatoms. The van der Waals surface area contributed by atoms with Crippen LogP contribution >= 0.6 is 0 Å². The van der Waals surface area contributed by atoms with Gasteiger partial charge in [-0.3, -0.25) is 4.79 Å². The van der Waals surface area contributed by atoms with E-state index in [0.29, 0.717) is 18.9 Å². The fraction of sp³-hybridized carbons (Fsp3) is 0.923. The average Bonchev–Trinajstić information content (AvgIpc) is 2.21. The number of carbonyl (C=O) groups excluding carboxylic acids is 1. The van der Waals surface area contributed by atoms with Gasteiger partial charge in [-0.05, 0) is 31.2 Å². The van der Waals surface area contributed by atoms with Crippen molar-refractivity contribution in [3.63, 3.8) is 0 Å². The molecule has 1 atom stereocenters. The van der Waals surface area contributed by atoms with Gasteiger partial charge in [0.15, 0.2) is 0 Å². The standard InChI is InChI=1S/C13H26N2O/c1-11(9-14)10-15(2)13(16)8-4-7-12-5-3-6-12/h11-12H,3-10,14H2,1-2H3. The number of amides is 1. The summed E-state index contributed by atoms with van der Waals surface area (Å²) in [6.45, 7) is 3.52. The van der Waals surface area contributed by atoms with Gasteiger partial charge in [0.2, 0.25) is 5.91 Å². The van der Waals surface area contributed by atoms with E-state index in [2.05, 4.69) is 6.92 Å². The zero-order valence-corrected chi connectivity index (χ0v) is 10.7. The third-order valence-corrected chi connectivity index (χ3v) is 3.64. The lowest BCUT2D eigenvalue weighted by atomic mass is 9.82. The Hall–Kier alpha value is -0.570.